The van der Waals surface area contributed by atoms with Crippen LogP contribution in [0.1, 0.15) is 23.2 Å². The van der Waals surface area contributed by atoms with Crippen LogP contribution in [0.3, 0.4) is 0 Å². The first-order valence-corrected chi connectivity index (χ1v) is 8.30. The number of H-pyrrole nitrogens is 1. The van der Waals surface area contributed by atoms with E-state index in [1.54, 1.807) is 0 Å². The fraction of sp³-hybridized carbons (Fsp3) is 0.286. The lowest BCUT2D eigenvalue weighted by Crippen LogP contribution is -2.28. The van der Waals surface area contributed by atoms with Crippen molar-refractivity contribution in [3.63, 3.8) is 0 Å². The second-order valence-corrected chi connectivity index (χ2v) is 7.17. The van der Waals surface area contributed by atoms with Crippen LogP contribution in [0.4, 0.5) is 0 Å². The Morgan fingerprint density at radius 3 is 2.50 bits per heavy atom. The van der Waals surface area contributed by atoms with E-state index >= 15 is 0 Å². The number of aromatic amines is 1. The third kappa shape index (κ3) is 2.40. The van der Waals surface area contributed by atoms with Gasteiger partial charge < -0.3 is 10.7 Å². The quantitative estimate of drug-likeness (QED) is 0.852. The highest BCUT2D eigenvalue weighted by Gasteiger charge is 2.27. The molecule has 2 heterocycles. The summed E-state index contributed by atoms with van der Waals surface area (Å²) >= 11 is 0. The van der Waals surface area contributed by atoms with Crippen LogP contribution in [-0.4, -0.2) is 36.7 Å². The van der Waals surface area contributed by atoms with Crippen molar-refractivity contribution in [1.82, 2.24) is 9.29 Å². The topological polar surface area (TPSA) is 113 Å². The van der Waals surface area contributed by atoms with Crippen LogP contribution in [0.2, 0.25) is 0 Å². The molecule has 1 fully saturated rings. The van der Waals surface area contributed by atoms with Gasteiger partial charge in [-0.05, 0) is 31.0 Å². The number of carbonyl (C=O) groups is 1. The zero-order valence-electron chi connectivity index (χ0n) is 11.7. The SMILES string of the molecule is NC(=O)c1cc(=O)[nH]c2ccc(S(=O)(=O)N3CCCC3)cc12. The van der Waals surface area contributed by atoms with Crippen LogP contribution in [0, 0.1) is 0 Å². The summed E-state index contributed by atoms with van der Waals surface area (Å²) in [6, 6.07) is 5.37. The van der Waals surface area contributed by atoms with Crippen molar-refractivity contribution in [1.29, 1.82) is 0 Å². The molecule has 8 heteroatoms. The Kier molecular flexibility index (Phi) is 3.50. The molecule has 7 nitrogen and oxygen atoms in total. The number of aromatic nitrogens is 1. The molecule has 1 saturated heterocycles. The summed E-state index contributed by atoms with van der Waals surface area (Å²) < 4.78 is 26.5. The third-order valence-electron chi connectivity index (χ3n) is 3.78. The van der Waals surface area contributed by atoms with Gasteiger partial charge in [0, 0.05) is 30.1 Å². The van der Waals surface area contributed by atoms with Gasteiger partial charge in [-0.25, -0.2) is 8.42 Å². The smallest absolute Gasteiger partial charge is 0.249 e. The van der Waals surface area contributed by atoms with Crippen LogP contribution in [-0.2, 0) is 10.0 Å². The second-order valence-electron chi connectivity index (χ2n) is 5.23. The van der Waals surface area contributed by atoms with Crippen molar-refractivity contribution in [2.75, 3.05) is 13.1 Å². The number of fused-ring (bicyclic) bond motifs is 1. The van der Waals surface area contributed by atoms with Gasteiger partial charge in [0.25, 0.3) is 0 Å². The standard InChI is InChI=1S/C14H15N3O4S/c15-14(19)11-8-13(18)16-12-4-3-9(7-10(11)12)22(20,21)17-5-1-2-6-17/h3-4,7-8H,1-2,5-6H2,(H2,15,19)(H,16,18). The van der Waals surface area contributed by atoms with Gasteiger partial charge in [0.05, 0.1) is 10.5 Å². The van der Waals surface area contributed by atoms with E-state index in [-0.39, 0.29) is 10.5 Å². The average Bonchev–Trinajstić information content (AvgIpc) is 3.00. The normalized spacial score (nSPS) is 16.2. The van der Waals surface area contributed by atoms with Crippen molar-refractivity contribution in [2.24, 2.45) is 5.73 Å². The molecular formula is C14H15N3O4S. The summed E-state index contributed by atoms with van der Waals surface area (Å²) in [6.45, 7) is 0.989. The van der Waals surface area contributed by atoms with Gasteiger partial charge in [-0.3, -0.25) is 9.59 Å². The number of pyridine rings is 1. The highest BCUT2D eigenvalue weighted by molar-refractivity contribution is 7.89. The fourth-order valence-electron chi connectivity index (χ4n) is 2.67. The van der Waals surface area contributed by atoms with E-state index in [1.165, 1.54) is 22.5 Å². The minimum absolute atomic E-state index is 0.0113. The van der Waals surface area contributed by atoms with Gasteiger partial charge in [-0.1, -0.05) is 0 Å². The van der Waals surface area contributed by atoms with E-state index < -0.39 is 21.5 Å². The first kappa shape index (κ1) is 14.7. The van der Waals surface area contributed by atoms with Crippen molar-refractivity contribution < 1.29 is 13.2 Å². The van der Waals surface area contributed by atoms with E-state index in [0.29, 0.717) is 24.0 Å². The zero-order chi connectivity index (χ0) is 15.9. The van der Waals surface area contributed by atoms with E-state index in [9.17, 15) is 18.0 Å². The van der Waals surface area contributed by atoms with Crippen molar-refractivity contribution >= 4 is 26.8 Å². The molecule has 0 radical (unpaired) electrons. The monoisotopic (exact) mass is 321 g/mol. The Morgan fingerprint density at radius 1 is 1.18 bits per heavy atom. The fourth-order valence-corrected chi connectivity index (χ4v) is 4.22. The number of hydrogen-bond donors (Lipinski definition) is 2. The Balaban J connectivity index is 2.21. The van der Waals surface area contributed by atoms with E-state index in [0.717, 1.165) is 18.9 Å². The Labute approximate surface area is 126 Å². The van der Waals surface area contributed by atoms with Crippen molar-refractivity contribution in [3.8, 4) is 0 Å². The predicted molar refractivity (Wildman–Crippen MR) is 81.1 cm³/mol. The molecule has 3 N–H and O–H groups in total. The lowest BCUT2D eigenvalue weighted by molar-refractivity contribution is 0.100. The maximum absolute atomic E-state index is 12.6. The van der Waals surface area contributed by atoms with Crippen molar-refractivity contribution in [2.45, 2.75) is 17.7 Å². The molecular weight excluding hydrogens is 306 g/mol. The molecule has 116 valence electrons. The minimum atomic E-state index is -3.59. The van der Waals surface area contributed by atoms with Crippen molar-refractivity contribution in [3.05, 3.63) is 40.2 Å². The van der Waals surface area contributed by atoms with E-state index in [1.807, 2.05) is 0 Å². The zero-order valence-corrected chi connectivity index (χ0v) is 12.5. The highest BCUT2D eigenvalue weighted by atomic mass is 32.2. The first-order valence-electron chi connectivity index (χ1n) is 6.86. The van der Waals surface area contributed by atoms with Crippen LogP contribution >= 0.6 is 0 Å². The van der Waals surface area contributed by atoms with Gasteiger partial charge in [-0.2, -0.15) is 4.31 Å². The molecule has 1 aromatic carbocycles. The summed E-state index contributed by atoms with van der Waals surface area (Å²) in [5.74, 6) is -0.771. The number of sulfonamides is 1. The summed E-state index contributed by atoms with van der Waals surface area (Å²) in [5.41, 5.74) is 5.20. The third-order valence-corrected chi connectivity index (χ3v) is 5.68. The summed E-state index contributed by atoms with van der Waals surface area (Å²) in [5, 5.41) is 0.326. The number of rotatable bonds is 3. The van der Waals surface area contributed by atoms with Crippen LogP contribution in [0.25, 0.3) is 10.9 Å². The molecule has 1 aliphatic heterocycles. The van der Waals surface area contributed by atoms with Gasteiger partial charge in [0.2, 0.25) is 21.5 Å². The van der Waals surface area contributed by atoms with E-state index in [2.05, 4.69) is 4.98 Å². The number of nitrogens with two attached hydrogens (primary N) is 1. The maximum atomic E-state index is 12.6. The second kappa shape index (κ2) is 5.22. The Morgan fingerprint density at radius 2 is 1.86 bits per heavy atom. The van der Waals surface area contributed by atoms with Gasteiger partial charge in [0.1, 0.15) is 0 Å². The number of nitrogens with zero attached hydrogens (tertiary/aromatic N) is 1. The number of amides is 1. The average molecular weight is 321 g/mol. The van der Waals surface area contributed by atoms with Gasteiger partial charge >= 0.3 is 0 Å². The molecule has 1 amide bonds. The molecule has 1 aliphatic rings. The highest BCUT2D eigenvalue weighted by Crippen LogP contribution is 2.24. The predicted octanol–water partition coefficient (Wildman–Crippen LogP) is 0.411. The molecule has 0 saturated carbocycles. The van der Waals surface area contributed by atoms with Gasteiger partial charge in [0.15, 0.2) is 0 Å². The number of carbonyl (C=O) groups excluding carboxylic acids is 1. The Bertz CT molecular complexity index is 911. The van der Waals surface area contributed by atoms with Crippen LogP contribution in [0.15, 0.2) is 34.0 Å². The summed E-state index contributed by atoms with van der Waals surface area (Å²) in [4.78, 5) is 25.7. The minimum Gasteiger partial charge on any atom is -0.366 e. The number of hydrogen-bond acceptors (Lipinski definition) is 4. The maximum Gasteiger partial charge on any atom is 0.249 e. The van der Waals surface area contributed by atoms with Crippen LogP contribution in [0.5, 0.6) is 0 Å². The molecule has 0 atom stereocenters. The number of benzene rings is 1. The van der Waals surface area contributed by atoms with Crippen LogP contribution < -0.4 is 11.3 Å². The van der Waals surface area contributed by atoms with Gasteiger partial charge in [-0.15, -0.1) is 0 Å². The molecule has 0 bridgehead atoms. The molecule has 2 aromatic rings. The molecule has 3 rings (SSSR count). The number of nitrogens with one attached hydrogen (secondary N) is 1. The molecule has 0 spiro atoms. The molecule has 0 aliphatic carbocycles. The number of primary amides is 1. The largest absolute Gasteiger partial charge is 0.366 e. The first-order chi connectivity index (χ1) is 10.4. The summed E-state index contributed by atoms with van der Waals surface area (Å²) in [6.07, 6.45) is 1.68. The Hall–Kier alpha value is -2.19. The summed E-state index contributed by atoms with van der Waals surface area (Å²) in [7, 11) is -3.59. The molecule has 22 heavy (non-hydrogen) atoms. The lowest BCUT2D eigenvalue weighted by Gasteiger charge is -2.16. The molecule has 1 aromatic heterocycles. The molecule has 0 unspecified atom stereocenters. The van der Waals surface area contributed by atoms with E-state index in [4.69, 9.17) is 5.73 Å². The lowest BCUT2D eigenvalue weighted by atomic mass is 10.1.